The maximum atomic E-state index is 6.08. The highest BCUT2D eigenvalue weighted by molar-refractivity contribution is 4.95. The molecule has 0 aromatic heterocycles. The third-order valence-electron chi connectivity index (χ3n) is 4.27. The Kier molecular flexibility index (Phi) is 3.09. The molecule has 0 aromatic carbocycles. The topological polar surface area (TPSA) is 35.2 Å². The molecule has 2 nitrogen and oxygen atoms in total. The van der Waals surface area contributed by atoms with E-state index in [1.807, 2.05) is 0 Å². The molecule has 1 aliphatic carbocycles. The Hall–Kier alpha value is -0.0800. The Balaban J connectivity index is 1.90. The molecule has 0 radical (unpaired) electrons. The van der Waals surface area contributed by atoms with E-state index >= 15 is 0 Å². The van der Waals surface area contributed by atoms with Gasteiger partial charge in [-0.3, -0.25) is 0 Å². The second-order valence-corrected chi connectivity index (χ2v) is 6.33. The lowest BCUT2D eigenvalue weighted by molar-refractivity contribution is -0.151. The highest BCUT2D eigenvalue weighted by Gasteiger charge is 2.46. The Labute approximate surface area is 93.6 Å². The van der Waals surface area contributed by atoms with Gasteiger partial charge in [-0.05, 0) is 45.4 Å². The third-order valence-corrected chi connectivity index (χ3v) is 4.27. The van der Waals surface area contributed by atoms with Gasteiger partial charge in [-0.2, -0.15) is 0 Å². The van der Waals surface area contributed by atoms with Crippen LogP contribution in [0.25, 0.3) is 0 Å². The number of nitrogens with two attached hydrogens (primary N) is 1. The van der Waals surface area contributed by atoms with Crippen LogP contribution in [0.5, 0.6) is 0 Å². The predicted octanol–water partition coefficient (Wildman–Crippen LogP) is 2.71. The SMILES string of the molecule is CC(C)(N)CCC1(C2CCCC2)COC1. The molecule has 1 aliphatic heterocycles. The first kappa shape index (κ1) is 11.4. The molecule has 2 fully saturated rings. The van der Waals surface area contributed by atoms with E-state index < -0.39 is 0 Å². The molecular weight excluding hydrogens is 186 g/mol. The summed E-state index contributed by atoms with van der Waals surface area (Å²) in [5.74, 6) is 0.925. The number of hydrogen-bond donors (Lipinski definition) is 1. The van der Waals surface area contributed by atoms with Crippen LogP contribution in [0.15, 0.2) is 0 Å². The minimum absolute atomic E-state index is 0.0127. The van der Waals surface area contributed by atoms with Crippen molar-refractivity contribution in [1.82, 2.24) is 0 Å². The summed E-state index contributed by atoms with van der Waals surface area (Å²) in [4.78, 5) is 0. The van der Waals surface area contributed by atoms with Crippen molar-refractivity contribution in [2.45, 2.75) is 57.9 Å². The fourth-order valence-electron chi connectivity index (χ4n) is 3.06. The first-order valence-electron chi connectivity index (χ1n) is 6.39. The van der Waals surface area contributed by atoms with Crippen LogP contribution in [0.2, 0.25) is 0 Å². The van der Waals surface area contributed by atoms with Crippen LogP contribution >= 0.6 is 0 Å². The second-order valence-electron chi connectivity index (χ2n) is 6.33. The number of rotatable bonds is 4. The van der Waals surface area contributed by atoms with Crippen LogP contribution < -0.4 is 5.73 Å². The van der Waals surface area contributed by atoms with Gasteiger partial charge in [0.25, 0.3) is 0 Å². The second kappa shape index (κ2) is 4.06. The van der Waals surface area contributed by atoms with E-state index in [1.165, 1.54) is 32.1 Å². The monoisotopic (exact) mass is 211 g/mol. The standard InChI is InChI=1S/C13H25NO/c1-12(2,14)7-8-13(9-15-10-13)11-5-3-4-6-11/h11H,3-10,14H2,1-2H3. The van der Waals surface area contributed by atoms with Crippen LogP contribution in [-0.4, -0.2) is 18.8 Å². The molecule has 1 heterocycles. The van der Waals surface area contributed by atoms with Gasteiger partial charge in [-0.1, -0.05) is 12.8 Å². The van der Waals surface area contributed by atoms with Crippen molar-refractivity contribution in [2.24, 2.45) is 17.1 Å². The molecule has 0 atom stereocenters. The third kappa shape index (κ3) is 2.54. The van der Waals surface area contributed by atoms with Crippen molar-refractivity contribution in [3.63, 3.8) is 0 Å². The van der Waals surface area contributed by atoms with Crippen LogP contribution in [0.1, 0.15) is 52.4 Å². The Bertz CT molecular complexity index is 209. The minimum Gasteiger partial charge on any atom is -0.380 e. The fraction of sp³-hybridized carbons (Fsp3) is 1.00. The molecule has 15 heavy (non-hydrogen) atoms. The highest BCUT2D eigenvalue weighted by atomic mass is 16.5. The lowest BCUT2D eigenvalue weighted by Crippen LogP contribution is -2.49. The highest BCUT2D eigenvalue weighted by Crippen LogP contribution is 2.48. The summed E-state index contributed by atoms with van der Waals surface area (Å²) in [7, 11) is 0. The summed E-state index contributed by atoms with van der Waals surface area (Å²) in [6.07, 6.45) is 8.10. The molecule has 2 aliphatic rings. The molecule has 1 saturated carbocycles. The van der Waals surface area contributed by atoms with E-state index in [0.29, 0.717) is 5.41 Å². The smallest absolute Gasteiger partial charge is 0.0547 e. The van der Waals surface area contributed by atoms with Crippen molar-refractivity contribution in [1.29, 1.82) is 0 Å². The molecular formula is C13H25NO. The van der Waals surface area contributed by atoms with Crippen molar-refractivity contribution in [3.05, 3.63) is 0 Å². The molecule has 0 bridgehead atoms. The van der Waals surface area contributed by atoms with Gasteiger partial charge in [-0.25, -0.2) is 0 Å². The van der Waals surface area contributed by atoms with Gasteiger partial charge in [0.2, 0.25) is 0 Å². The molecule has 0 unspecified atom stereocenters. The molecule has 0 amide bonds. The molecule has 88 valence electrons. The number of ether oxygens (including phenoxy) is 1. The van der Waals surface area contributed by atoms with Gasteiger partial charge in [0.15, 0.2) is 0 Å². The van der Waals surface area contributed by atoms with Crippen LogP contribution in [0, 0.1) is 11.3 Å². The zero-order valence-electron chi connectivity index (χ0n) is 10.2. The summed E-state index contributed by atoms with van der Waals surface area (Å²) < 4.78 is 5.48. The molecule has 2 rings (SSSR count). The van der Waals surface area contributed by atoms with Crippen LogP contribution in [0.3, 0.4) is 0 Å². The molecule has 2 N–H and O–H groups in total. The van der Waals surface area contributed by atoms with Gasteiger partial charge >= 0.3 is 0 Å². The van der Waals surface area contributed by atoms with Crippen LogP contribution in [-0.2, 0) is 4.74 Å². The summed E-state index contributed by atoms with van der Waals surface area (Å²) >= 11 is 0. The maximum absolute atomic E-state index is 6.08. The Morgan fingerprint density at radius 3 is 2.27 bits per heavy atom. The van der Waals surface area contributed by atoms with Gasteiger partial charge in [0.1, 0.15) is 0 Å². The summed E-state index contributed by atoms with van der Waals surface area (Å²) in [6.45, 7) is 6.26. The van der Waals surface area contributed by atoms with E-state index in [-0.39, 0.29) is 5.54 Å². The lowest BCUT2D eigenvalue weighted by atomic mass is 9.68. The van der Waals surface area contributed by atoms with Crippen molar-refractivity contribution >= 4 is 0 Å². The zero-order valence-corrected chi connectivity index (χ0v) is 10.2. The molecule has 0 spiro atoms. The van der Waals surface area contributed by atoms with E-state index in [2.05, 4.69) is 13.8 Å². The average molecular weight is 211 g/mol. The molecule has 0 aromatic rings. The number of hydrogen-bond acceptors (Lipinski definition) is 2. The molecule has 2 heteroatoms. The predicted molar refractivity (Wildman–Crippen MR) is 62.7 cm³/mol. The van der Waals surface area contributed by atoms with E-state index in [9.17, 15) is 0 Å². The van der Waals surface area contributed by atoms with Gasteiger partial charge in [0, 0.05) is 11.0 Å². The summed E-state index contributed by atoms with van der Waals surface area (Å²) in [5, 5.41) is 0. The lowest BCUT2D eigenvalue weighted by Gasteiger charge is -2.47. The van der Waals surface area contributed by atoms with Crippen molar-refractivity contribution < 1.29 is 4.74 Å². The van der Waals surface area contributed by atoms with E-state index in [0.717, 1.165) is 25.6 Å². The first-order valence-corrected chi connectivity index (χ1v) is 6.39. The Morgan fingerprint density at radius 2 is 1.87 bits per heavy atom. The average Bonchev–Trinajstić information content (AvgIpc) is 2.53. The molecule has 1 saturated heterocycles. The fourth-order valence-corrected chi connectivity index (χ4v) is 3.06. The normalized spacial score (nSPS) is 26.6. The van der Waals surface area contributed by atoms with Gasteiger partial charge in [0.05, 0.1) is 13.2 Å². The quantitative estimate of drug-likeness (QED) is 0.776. The minimum atomic E-state index is -0.0127. The van der Waals surface area contributed by atoms with Gasteiger partial charge < -0.3 is 10.5 Å². The maximum Gasteiger partial charge on any atom is 0.0547 e. The van der Waals surface area contributed by atoms with Crippen LogP contribution in [0.4, 0.5) is 0 Å². The van der Waals surface area contributed by atoms with Crippen molar-refractivity contribution in [2.75, 3.05) is 13.2 Å². The summed E-state index contributed by atoms with van der Waals surface area (Å²) in [5.41, 5.74) is 6.57. The van der Waals surface area contributed by atoms with Crippen molar-refractivity contribution in [3.8, 4) is 0 Å². The van der Waals surface area contributed by atoms with Gasteiger partial charge in [-0.15, -0.1) is 0 Å². The first-order chi connectivity index (χ1) is 7.02. The van der Waals surface area contributed by atoms with E-state index in [1.54, 1.807) is 0 Å². The largest absolute Gasteiger partial charge is 0.380 e. The Morgan fingerprint density at radius 1 is 1.27 bits per heavy atom. The zero-order chi connectivity index (χ0) is 10.9. The summed E-state index contributed by atoms with van der Waals surface area (Å²) in [6, 6.07) is 0. The van der Waals surface area contributed by atoms with E-state index in [4.69, 9.17) is 10.5 Å².